The molecule has 0 radical (unpaired) electrons. The van der Waals surface area contributed by atoms with Crippen LogP contribution in [0.3, 0.4) is 0 Å². The monoisotopic (exact) mass is 399 g/mol. The lowest BCUT2D eigenvalue weighted by atomic mass is 10.0. The lowest BCUT2D eigenvalue weighted by Gasteiger charge is -2.13. The van der Waals surface area contributed by atoms with E-state index in [0.717, 1.165) is 5.56 Å². The molecule has 144 valence electrons. The Kier molecular flexibility index (Phi) is 6.29. The molecule has 28 heavy (non-hydrogen) atoms. The van der Waals surface area contributed by atoms with Crippen LogP contribution < -0.4 is 10.1 Å². The van der Waals surface area contributed by atoms with Crippen molar-refractivity contribution in [1.82, 2.24) is 0 Å². The molecule has 0 unspecified atom stereocenters. The van der Waals surface area contributed by atoms with Crippen LogP contribution in [0, 0.1) is 5.82 Å². The van der Waals surface area contributed by atoms with Crippen LogP contribution >= 0.6 is 11.6 Å². The van der Waals surface area contributed by atoms with Gasteiger partial charge in [0.1, 0.15) is 11.6 Å². The number of ether oxygens (including phenoxy) is 1. The topological polar surface area (TPSA) is 58.6 Å². The standard InChI is InChI=1S/C22H19ClFNO3/c1-2-28-17-8-5-7-14(10-17)16-11-19(23)21(20(24)12-16)25-22(27)18-9-4-3-6-15(18)13-26/h3-12,26H,2,13H2,1H3,(H,25,27). The average molecular weight is 400 g/mol. The van der Waals surface area contributed by atoms with E-state index in [-0.39, 0.29) is 22.9 Å². The summed E-state index contributed by atoms with van der Waals surface area (Å²) in [7, 11) is 0. The zero-order chi connectivity index (χ0) is 20.1. The fourth-order valence-corrected chi connectivity index (χ4v) is 3.11. The molecule has 3 aromatic rings. The molecule has 3 rings (SSSR count). The van der Waals surface area contributed by atoms with Gasteiger partial charge in [0.15, 0.2) is 0 Å². The third kappa shape index (κ3) is 4.32. The number of rotatable bonds is 6. The molecule has 1 amide bonds. The number of benzene rings is 3. The predicted octanol–water partition coefficient (Wildman–Crippen LogP) is 5.29. The van der Waals surface area contributed by atoms with Crippen LogP contribution in [0.1, 0.15) is 22.8 Å². The van der Waals surface area contributed by atoms with Gasteiger partial charge < -0.3 is 15.2 Å². The van der Waals surface area contributed by atoms with Gasteiger partial charge in [-0.25, -0.2) is 4.39 Å². The highest BCUT2D eigenvalue weighted by atomic mass is 35.5. The van der Waals surface area contributed by atoms with Crippen molar-refractivity contribution < 1.29 is 19.0 Å². The van der Waals surface area contributed by atoms with E-state index in [1.807, 2.05) is 25.1 Å². The Morgan fingerprint density at radius 3 is 2.61 bits per heavy atom. The van der Waals surface area contributed by atoms with Crippen LogP contribution in [0.15, 0.2) is 60.7 Å². The minimum atomic E-state index is -0.654. The van der Waals surface area contributed by atoms with Crippen LogP contribution in [0.2, 0.25) is 5.02 Å². The first-order valence-electron chi connectivity index (χ1n) is 8.76. The molecule has 0 bridgehead atoms. The molecule has 0 heterocycles. The number of nitrogens with one attached hydrogen (secondary N) is 1. The van der Waals surface area contributed by atoms with Crippen molar-refractivity contribution in [3.8, 4) is 16.9 Å². The van der Waals surface area contributed by atoms with Crippen molar-refractivity contribution in [2.24, 2.45) is 0 Å². The second-order valence-corrected chi connectivity index (χ2v) is 6.45. The molecule has 2 N–H and O–H groups in total. The van der Waals surface area contributed by atoms with E-state index in [1.54, 1.807) is 36.4 Å². The van der Waals surface area contributed by atoms with Gasteiger partial charge in [0.25, 0.3) is 5.91 Å². The summed E-state index contributed by atoms with van der Waals surface area (Å²) in [6.07, 6.45) is 0. The Morgan fingerprint density at radius 2 is 1.89 bits per heavy atom. The Bertz CT molecular complexity index is 984. The number of aliphatic hydroxyl groups excluding tert-OH is 1. The maximum absolute atomic E-state index is 14.7. The molecule has 0 atom stereocenters. The molecule has 0 saturated carbocycles. The van der Waals surface area contributed by atoms with E-state index in [9.17, 15) is 14.3 Å². The van der Waals surface area contributed by atoms with Crippen LogP contribution in [-0.4, -0.2) is 17.6 Å². The Hall–Kier alpha value is -2.89. The van der Waals surface area contributed by atoms with E-state index in [0.29, 0.717) is 23.5 Å². The first-order valence-corrected chi connectivity index (χ1v) is 9.13. The number of hydrogen-bond acceptors (Lipinski definition) is 3. The molecule has 3 aromatic carbocycles. The minimum Gasteiger partial charge on any atom is -0.494 e. The summed E-state index contributed by atoms with van der Waals surface area (Å²) in [4.78, 5) is 12.5. The largest absolute Gasteiger partial charge is 0.494 e. The Morgan fingerprint density at radius 1 is 1.11 bits per heavy atom. The first kappa shape index (κ1) is 19.9. The van der Waals surface area contributed by atoms with Gasteiger partial charge in [-0.1, -0.05) is 41.9 Å². The quantitative estimate of drug-likeness (QED) is 0.592. The second kappa shape index (κ2) is 8.87. The SMILES string of the molecule is CCOc1cccc(-c2cc(F)c(NC(=O)c3ccccc3CO)c(Cl)c2)c1. The van der Waals surface area contributed by atoms with Crippen LogP contribution in [0.4, 0.5) is 10.1 Å². The first-order chi connectivity index (χ1) is 13.5. The highest BCUT2D eigenvalue weighted by molar-refractivity contribution is 6.34. The van der Waals surface area contributed by atoms with Crippen LogP contribution in [0.25, 0.3) is 11.1 Å². The molecule has 6 heteroatoms. The summed E-state index contributed by atoms with van der Waals surface area (Å²) in [6, 6.07) is 16.7. The molecule has 0 fully saturated rings. The normalized spacial score (nSPS) is 10.6. The van der Waals surface area contributed by atoms with E-state index in [1.165, 1.54) is 6.07 Å². The maximum atomic E-state index is 14.7. The lowest BCUT2D eigenvalue weighted by molar-refractivity contribution is 0.102. The number of halogens is 2. The third-order valence-corrected chi connectivity index (χ3v) is 4.49. The number of aliphatic hydroxyl groups is 1. The summed E-state index contributed by atoms with van der Waals surface area (Å²) in [5, 5.41) is 11.9. The highest BCUT2D eigenvalue weighted by Crippen LogP contribution is 2.33. The van der Waals surface area contributed by atoms with Gasteiger partial charge in [0, 0.05) is 5.56 Å². The summed E-state index contributed by atoms with van der Waals surface area (Å²) in [5.41, 5.74) is 1.91. The van der Waals surface area contributed by atoms with Crippen molar-refractivity contribution in [2.45, 2.75) is 13.5 Å². The fourth-order valence-electron chi connectivity index (χ4n) is 2.85. The molecular weight excluding hydrogens is 381 g/mol. The van der Waals surface area contributed by atoms with Gasteiger partial charge in [0.2, 0.25) is 0 Å². The van der Waals surface area contributed by atoms with E-state index in [4.69, 9.17) is 16.3 Å². The molecule has 0 saturated heterocycles. The van der Waals surface area contributed by atoms with Gasteiger partial charge in [-0.15, -0.1) is 0 Å². The summed E-state index contributed by atoms with van der Waals surface area (Å²) in [6.45, 7) is 2.11. The average Bonchev–Trinajstić information content (AvgIpc) is 2.70. The zero-order valence-corrected chi connectivity index (χ0v) is 16.0. The van der Waals surface area contributed by atoms with Crippen molar-refractivity contribution in [2.75, 3.05) is 11.9 Å². The number of amides is 1. The van der Waals surface area contributed by atoms with Crippen molar-refractivity contribution in [3.63, 3.8) is 0 Å². The van der Waals surface area contributed by atoms with Gasteiger partial charge in [-0.2, -0.15) is 0 Å². The van der Waals surface area contributed by atoms with Crippen molar-refractivity contribution >= 4 is 23.2 Å². The summed E-state index contributed by atoms with van der Waals surface area (Å²) in [5.74, 6) is -0.523. The number of carbonyl (C=O) groups excluding carboxylic acids is 1. The molecular formula is C22H19ClFNO3. The molecule has 0 aliphatic heterocycles. The zero-order valence-electron chi connectivity index (χ0n) is 15.2. The van der Waals surface area contributed by atoms with Crippen molar-refractivity contribution in [3.05, 3.63) is 82.6 Å². The maximum Gasteiger partial charge on any atom is 0.256 e. The smallest absolute Gasteiger partial charge is 0.256 e. The molecule has 0 spiro atoms. The van der Waals surface area contributed by atoms with Gasteiger partial charge >= 0.3 is 0 Å². The van der Waals surface area contributed by atoms with Crippen molar-refractivity contribution in [1.29, 1.82) is 0 Å². The lowest BCUT2D eigenvalue weighted by Crippen LogP contribution is -2.15. The number of carbonyl (C=O) groups is 1. The van der Waals surface area contributed by atoms with E-state index < -0.39 is 11.7 Å². The molecule has 0 aliphatic rings. The fraction of sp³-hybridized carbons (Fsp3) is 0.136. The van der Waals surface area contributed by atoms with Crippen LogP contribution in [0.5, 0.6) is 5.75 Å². The van der Waals surface area contributed by atoms with Gasteiger partial charge in [0.05, 0.1) is 23.9 Å². The second-order valence-electron chi connectivity index (χ2n) is 6.05. The van der Waals surface area contributed by atoms with E-state index >= 15 is 0 Å². The Labute approximate surface area is 167 Å². The predicted molar refractivity (Wildman–Crippen MR) is 108 cm³/mol. The summed E-state index contributed by atoms with van der Waals surface area (Å²) >= 11 is 6.26. The minimum absolute atomic E-state index is 0.0756. The third-order valence-electron chi connectivity index (χ3n) is 4.19. The molecule has 0 aliphatic carbocycles. The molecule has 4 nitrogen and oxygen atoms in total. The number of anilines is 1. The Balaban J connectivity index is 1.90. The molecule has 0 aromatic heterocycles. The van der Waals surface area contributed by atoms with Crippen LogP contribution in [-0.2, 0) is 6.61 Å². The summed E-state index contributed by atoms with van der Waals surface area (Å²) < 4.78 is 20.2. The number of hydrogen-bond donors (Lipinski definition) is 2. The van der Waals surface area contributed by atoms with Gasteiger partial charge in [-0.3, -0.25) is 4.79 Å². The highest BCUT2D eigenvalue weighted by Gasteiger charge is 2.17. The van der Waals surface area contributed by atoms with E-state index in [2.05, 4.69) is 5.32 Å². The van der Waals surface area contributed by atoms with Gasteiger partial charge in [-0.05, 0) is 53.9 Å².